The molecule has 0 fully saturated rings. The lowest BCUT2D eigenvalue weighted by atomic mass is 9.75. The van der Waals surface area contributed by atoms with Crippen LogP contribution in [0.2, 0.25) is 0 Å². The SMILES string of the molecule is c1ccc(C2CCCc3c2ccc2c3ccc3ccccc32)c(-c2cccc3cn[nH]c23)c1. The number of aromatic amines is 1. The van der Waals surface area contributed by atoms with Gasteiger partial charge >= 0.3 is 0 Å². The van der Waals surface area contributed by atoms with Crippen molar-refractivity contribution in [3.63, 3.8) is 0 Å². The van der Waals surface area contributed by atoms with Gasteiger partial charge < -0.3 is 0 Å². The van der Waals surface area contributed by atoms with Gasteiger partial charge in [-0.2, -0.15) is 5.10 Å². The number of H-pyrrole nitrogens is 1. The summed E-state index contributed by atoms with van der Waals surface area (Å²) in [7, 11) is 0. The Kier molecular flexibility index (Phi) is 4.13. The summed E-state index contributed by atoms with van der Waals surface area (Å²) in [5.41, 5.74) is 8.10. The maximum absolute atomic E-state index is 4.30. The summed E-state index contributed by atoms with van der Waals surface area (Å²) in [5.74, 6) is 0.402. The first-order chi connectivity index (χ1) is 16.4. The lowest BCUT2D eigenvalue weighted by Crippen LogP contribution is -2.12. The quantitative estimate of drug-likeness (QED) is 0.280. The fraction of sp³-hybridized carbons (Fsp3) is 0.129. The molecule has 1 aliphatic carbocycles. The third-order valence-electron chi connectivity index (χ3n) is 7.47. The standard InChI is InChI=1S/C31H24N2/c1-2-9-22-20(7-1)15-16-28-25-13-6-12-24(29(25)18-17-27(22)28)23-10-3-4-11-26(23)30-14-5-8-21-19-32-33-31(21)30/h1-5,7-11,14-19,24H,6,12-13H2,(H,32,33). The van der Waals surface area contributed by atoms with Gasteiger partial charge in [-0.3, -0.25) is 5.10 Å². The summed E-state index contributed by atoms with van der Waals surface area (Å²) < 4.78 is 0. The maximum atomic E-state index is 4.30. The van der Waals surface area contributed by atoms with E-state index in [4.69, 9.17) is 0 Å². The van der Waals surface area contributed by atoms with Crippen molar-refractivity contribution in [2.45, 2.75) is 25.2 Å². The van der Waals surface area contributed by atoms with Crippen molar-refractivity contribution in [2.75, 3.05) is 0 Å². The number of benzene rings is 5. The van der Waals surface area contributed by atoms with Crippen molar-refractivity contribution in [1.82, 2.24) is 10.2 Å². The molecule has 0 spiro atoms. The third kappa shape index (κ3) is 2.84. The maximum Gasteiger partial charge on any atom is 0.0728 e. The minimum Gasteiger partial charge on any atom is -0.277 e. The Balaban J connectivity index is 1.44. The Morgan fingerprint density at radius 1 is 0.636 bits per heavy atom. The van der Waals surface area contributed by atoms with Crippen LogP contribution >= 0.6 is 0 Å². The van der Waals surface area contributed by atoms with Crippen LogP contribution in [0.4, 0.5) is 0 Å². The van der Waals surface area contributed by atoms with Gasteiger partial charge in [0.1, 0.15) is 0 Å². The number of hydrogen-bond donors (Lipinski definition) is 1. The monoisotopic (exact) mass is 424 g/mol. The summed E-state index contributed by atoms with van der Waals surface area (Å²) in [6.07, 6.45) is 5.46. The second-order valence-corrected chi connectivity index (χ2v) is 9.19. The van der Waals surface area contributed by atoms with Gasteiger partial charge in [0.15, 0.2) is 0 Å². The molecule has 7 rings (SSSR count). The lowest BCUT2D eigenvalue weighted by Gasteiger charge is -2.29. The fourth-order valence-electron chi connectivity index (χ4n) is 5.97. The Labute approximate surface area is 192 Å². The van der Waals surface area contributed by atoms with E-state index in [1.54, 1.807) is 0 Å². The Hall–Kier alpha value is -3.91. The van der Waals surface area contributed by atoms with Crippen molar-refractivity contribution in [3.8, 4) is 11.1 Å². The predicted octanol–water partition coefficient (Wildman–Crippen LogP) is 8.00. The van der Waals surface area contributed by atoms with E-state index in [1.807, 2.05) is 6.20 Å². The van der Waals surface area contributed by atoms with E-state index >= 15 is 0 Å². The van der Waals surface area contributed by atoms with Crippen LogP contribution in [0.1, 0.15) is 35.4 Å². The topological polar surface area (TPSA) is 28.7 Å². The zero-order chi connectivity index (χ0) is 21.8. The second kappa shape index (κ2) is 7.31. The molecule has 0 amide bonds. The molecule has 158 valence electrons. The van der Waals surface area contributed by atoms with Crippen LogP contribution in [0.5, 0.6) is 0 Å². The first kappa shape index (κ1) is 18.6. The molecular formula is C31H24N2. The van der Waals surface area contributed by atoms with Gasteiger partial charge in [-0.05, 0) is 63.1 Å². The average Bonchev–Trinajstić information content (AvgIpc) is 3.37. The van der Waals surface area contributed by atoms with Crippen LogP contribution in [0.15, 0.2) is 97.2 Å². The minimum absolute atomic E-state index is 0.402. The van der Waals surface area contributed by atoms with E-state index in [0.29, 0.717) is 5.92 Å². The summed E-state index contributed by atoms with van der Waals surface area (Å²) in [5, 5.41) is 14.1. The largest absolute Gasteiger partial charge is 0.277 e. The molecule has 0 bridgehead atoms. The summed E-state index contributed by atoms with van der Waals surface area (Å²) in [6, 6.07) is 33.6. The molecular weight excluding hydrogens is 400 g/mol. The molecule has 1 atom stereocenters. The number of para-hydroxylation sites is 1. The Bertz CT molecular complexity index is 1660. The number of hydrogen-bond acceptors (Lipinski definition) is 1. The molecule has 0 radical (unpaired) electrons. The van der Waals surface area contributed by atoms with Gasteiger partial charge in [-0.15, -0.1) is 0 Å². The average molecular weight is 425 g/mol. The first-order valence-corrected chi connectivity index (χ1v) is 11.8. The van der Waals surface area contributed by atoms with E-state index in [2.05, 4.69) is 101 Å². The van der Waals surface area contributed by atoms with E-state index in [9.17, 15) is 0 Å². The number of aryl methyl sites for hydroxylation is 1. The summed E-state index contributed by atoms with van der Waals surface area (Å²) in [6.45, 7) is 0. The third-order valence-corrected chi connectivity index (χ3v) is 7.47. The smallest absolute Gasteiger partial charge is 0.0728 e. The van der Waals surface area contributed by atoms with Crippen molar-refractivity contribution in [3.05, 3.63) is 114 Å². The number of nitrogens with zero attached hydrogens (tertiary/aromatic N) is 1. The molecule has 0 saturated heterocycles. The molecule has 33 heavy (non-hydrogen) atoms. The predicted molar refractivity (Wildman–Crippen MR) is 138 cm³/mol. The molecule has 1 aliphatic rings. The molecule has 0 saturated carbocycles. The van der Waals surface area contributed by atoms with Crippen molar-refractivity contribution >= 4 is 32.4 Å². The molecule has 6 aromatic rings. The van der Waals surface area contributed by atoms with Crippen LogP contribution in [-0.4, -0.2) is 10.2 Å². The number of rotatable bonds is 2. The molecule has 1 unspecified atom stereocenters. The molecule has 1 heterocycles. The normalized spacial score (nSPS) is 15.8. The molecule has 2 nitrogen and oxygen atoms in total. The molecule has 5 aromatic carbocycles. The molecule has 2 heteroatoms. The fourth-order valence-corrected chi connectivity index (χ4v) is 5.97. The van der Waals surface area contributed by atoms with Crippen molar-refractivity contribution in [2.24, 2.45) is 0 Å². The number of nitrogens with one attached hydrogen (secondary N) is 1. The van der Waals surface area contributed by atoms with Crippen LogP contribution in [0, 0.1) is 0 Å². The van der Waals surface area contributed by atoms with Gasteiger partial charge in [0.2, 0.25) is 0 Å². The molecule has 1 aromatic heterocycles. The van der Waals surface area contributed by atoms with Gasteiger partial charge in [0.05, 0.1) is 11.7 Å². The van der Waals surface area contributed by atoms with Gasteiger partial charge in [-0.1, -0.05) is 91.0 Å². The number of aromatic nitrogens is 2. The Morgan fingerprint density at radius 3 is 2.45 bits per heavy atom. The highest BCUT2D eigenvalue weighted by atomic mass is 15.1. The van der Waals surface area contributed by atoms with Crippen LogP contribution in [0.3, 0.4) is 0 Å². The van der Waals surface area contributed by atoms with E-state index in [-0.39, 0.29) is 0 Å². The van der Waals surface area contributed by atoms with Crippen LogP contribution < -0.4 is 0 Å². The van der Waals surface area contributed by atoms with E-state index < -0.39 is 0 Å². The zero-order valence-corrected chi connectivity index (χ0v) is 18.4. The summed E-state index contributed by atoms with van der Waals surface area (Å²) >= 11 is 0. The van der Waals surface area contributed by atoms with Crippen LogP contribution in [0.25, 0.3) is 43.6 Å². The van der Waals surface area contributed by atoms with Gasteiger partial charge in [0.25, 0.3) is 0 Å². The number of fused-ring (bicyclic) bond motifs is 6. The lowest BCUT2D eigenvalue weighted by molar-refractivity contribution is 0.620. The second-order valence-electron chi connectivity index (χ2n) is 9.19. The van der Waals surface area contributed by atoms with Gasteiger partial charge in [0, 0.05) is 16.9 Å². The van der Waals surface area contributed by atoms with Crippen molar-refractivity contribution < 1.29 is 0 Å². The van der Waals surface area contributed by atoms with E-state index in [0.717, 1.165) is 17.3 Å². The van der Waals surface area contributed by atoms with Crippen molar-refractivity contribution in [1.29, 1.82) is 0 Å². The molecule has 0 aliphatic heterocycles. The van der Waals surface area contributed by atoms with E-state index in [1.165, 1.54) is 62.2 Å². The highest BCUT2D eigenvalue weighted by Crippen LogP contribution is 2.44. The van der Waals surface area contributed by atoms with Gasteiger partial charge in [-0.25, -0.2) is 0 Å². The highest BCUT2D eigenvalue weighted by Gasteiger charge is 2.26. The van der Waals surface area contributed by atoms with Crippen LogP contribution in [-0.2, 0) is 6.42 Å². The first-order valence-electron chi connectivity index (χ1n) is 11.8. The molecule has 1 N–H and O–H groups in total. The summed E-state index contributed by atoms with van der Waals surface area (Å²) in [4.78, 5) is 0. The zero-order valence-electron chi connectivity index (χ0n) is 18.4. The minimum atomic E-state index is 0.402. The Morgan fingerprint density at radius 2 is 1.45 bits per heavy atom. The highest BCUT2D eigenvalue weighted by molar-refractivity contribution is 6.09.